The Morgan fingerprint density at radius 1 is 1.09 bits per heavy atom. The number of hydrogen-bond acceptors (Lipinski definition) is 6. The molecule has 1 saturated heterocycles. The number of carbonyl (C=O) groups excluding carboxylic acids is 1. The first-order chi connectivity index (χ1) is 15.7. The van der Waals surface area contributed by atoms with Gasteiger partial charge in [0.15, 0.2) is 5.78 Å². The van der Waals surface area contributed by atoms with Gasteiger partial charge in [-0.25, -0.2) is 15.0 Å². The van der Waals surface area contributed by atoms with Gasteiger partial charge in [-0.3, -0.25) is 9.69 Å². The Bertz CT molecular complexity index is 1150. The third-order valence-corrected chi connectivity index (χ3v) is 6.03. The molecule has 0 radical (unpaired) electrons. The molecule has 3 aromatic rings. The molecule has 33 heavy (non-hydrogen) atoms. The Morgan fingerprint density at radius 2 is 1.79 bits per heavy atom. The summed E-state index contributed by atoms with van der Waals surface area (Å²) in [6, 6.07) is 6.24. The summed E-state index contributed by atoms with van der Waals surface area (Å²) in [6.07, 6.45) is -1.80. The highest BCUT2D eigenvalue weighted by atomic mass is 35.5. The largest absolute Gasteiger partial charge is 0.451 e. The van der Waals surface area contributed by atoms with E-state index in [0.29, 0.717) is 64.9 Å². The molecular weight excluding hydrogens is 480 g/mol. The Kier molecular flexibility index (Phi) is 7.13. The van der Waals surface area contributed by atoms with Crippen molar-refractivity contribution in [2.45, 2.75) is 25.1 Å². The van der Waals surface area contributed by atoms with Crippen LogP contribution in [0.4, 0.5) is 13.2 Å². The number of aromatic nitrogens is 3. The van der Waals surface area contributed by atoms with Crippen molar-refractivity contribution in [1.82, 2.24) is 19.9 Å². The van der Waals surface area contributed by atoms with Crippen molar-refractivity contribution in [3.63, 3.8) is 0 Å². The van der Waals surface area contributed by atoms with Gasteiger partial charge in [0, 0.05) is 54.5 Å². The molecule has 1 aliphatic heterocycles. The van der Waals surface area contributed by atoms with E-state index in [-0.39, 0.29) is 18.2 Å². The summed E-state index contributed by atoms with van der Waals surface area (Å²) >= 11 is 12.3. The lowest BCUT2D eigenvalue weighted by Crippen LogP contribution is -2.39. The van der Waals surface area contributed by atoms with E-state index in [9.17, 15) is 18.0 Å². The first kappa shape index (κ1) is 23.8. The molecule has 1 unspecified atom stereocenters. The van der Waals surface area contributed by atoms with E-state index in [2.05, 4.69) is 19.9 Å². The van der Waals surface area contributed by atoms with Gasteiger partial charge < -0.3 is 4.74 Å². The van der Waals surface area contributed by atoms with E-state index < -0.39 is 12.0 Å². The molecule has 2 aromatic heterocycles. The number of ketones is 1. The van der Waals surface area contributed by atoms with Crippen LogP contribution >= 0.6 is 23.2 Å². The highest BCUT2D eigenvalue weighted by molar-refractivity contribution is 6.36. The Balaban J connectivity index is 1.59. The molecule has 4 rings (SSSR count). The Hall–Kier alpha value is -2.33. The average molecular weight is 499 g/mol. The maximum atomic E-state index is 13.2. The molecule has 0 N–H and O–H groups in total. The van der Waals surface area contributed by atoms with Crippen molar-refractivity contribution in [3.8, 4) is 0 Å². The quantitative estimate of drug-likeness (QED) is 0.335. The van der Waals surface area contributed by atoms with Crippen LogP contribution in [0.2, 0.25) is 10.2 Å². The summed E-state index contributed by atoms with van der Waals surface area (Å²) in [4.78, 5) is 26.5. The predicted octanol–water partition coefficient (Wildman–Crippen LogP) is 5.39. The molecule has 1 fully saturated rings. The number of Topliss-reactive ketones (excluding diaryl/α,β-unsaturated/α-hetero) is 1. The lowest BCUT2D eigenvalue weighted by atomic mass is 9.96. The van der Waals surface area contributed by atoms with E-state index in [4.69, 9.17) is 27.9 Å². The normalized spacial score (nSPS) is 16.2. The molecule has 0 aliphatic carbocycles. The smallest absolute Gasteiger partial charge is 0.379 e. The van der Waals surface area contributed by atoms with Crippen molar-refractivity contribution in [2.75, 3.05) is 26.3 Å². The zero-order valence-electron chi connectivity index (χ0n) is 17.3. The van der Waals surface area contributed by atoms with Crippen LogP contribution in [0.5, 0.6) is 0 Å². The lowest BCUT2D eigenvalue weighted by molar-refractivity contribution is -0.145. The number of pyridine rings is 1. The number of benzene rings is 1. The van der Waals surface area contributed by atoms with Crippen molar-refractivity contribution >= 4 is 39.9 Å². The van der Waals surface area contributed by atoms with Gasteiger partial charge in [-0.15, -0.1) is 0 Å². The average Bonchev–Trinajstić information content (AvgIpc) is 2.79. The van der Waals surface area contributed by atoms with Crippen LogP contribution in [0.15, 0.2) is 36.7 Å². The summed E-state index contributed by atoms with van der Waals surface area (Å²) in [5.41, 5.74) is 1.41. The van der Waals surface area contributed by atoms with Crippen molar-refractivity contribution < 1.29 is 22.7 Å². The summed E-state index contributed by atoms with van der Waals surface area (Å²) in [5.74, 6) is -1.39. The topological polar surface area (TPSA) is 68.2 Å². The number of carbonyl (C=O) groups is 1. The molecule has 174 valence electrons. The minimum Gasteiger partial charge on any atom is -0.379 e. The molecule has 0 spiro atoms. The van der Waals surface area contributed by atoms with E-state index >= 15 is 0 Å². The molecule has 3 heterocycles. The monoisotopic (exact) mass is 498 g/mol. The number of fused-ring (bicyclic) bond motifs is 1. The molecule has 1 aromatic carbocycles. The van der Waals surface area contributed by atoms with Crippen LogP contribution in [0.1, 0.15) is 40.6 Å². The summed E-state index contributed by atoms with van der Waals surface area (Å²) < 4.78 is 44.0. The van der Waals surface area contributed by atoms with Gasteiger partial charge in [0.2, 0.25) is 5.82 Å². The van der Waals surface area contributed by atoms with Crippen LogP contribution in [-0.4, -0.2) is 51.9 Å². The van der Waals surface area contributed by atoms with Crippen molar-refractivity contribution in [3.05, 3.63) is 63.8 Å². The molecule has 1 aliphatic rings. The van der Waals surface area contributed by atoms with E-state index in [1.165, 1.54) is 12.4 Å². The van der Waals surface area contributed by atoms with E-state index in [1.807, 2.05) is 0 Å². The molecule has 11 heteroatoms. The minimum atomic E-state index is -4.62. The highest BCUT2D eigenvalue weighted by Gasteiger charge is 2.35. The molecular formula is C22H19Cl2F3N4O2. The van der Waals surface area contributed by atoms with Crippen LogP contribution in [-0.2, 0) is 10.9 Å². The number of alkyl halides is 3. The van der Waals surface area contributed by atoms with E-state index in [1.54, 1.807) is 24.3 Å². The van der Waals surface area contributed by atoms with Crippen LogP contribution < -0.4 is 0 Å². The second kappa shape index (κ2) is 9.89. The summed E-state index contributed by atoms with van der Waals surface area (Å²) in [7, 11) is 0. The number of morpholine rings is 1. The van der Waals surface area contributed by atoms with Crippen molar-refractivity contribution in [1.29, 1.82) is 0 Å². The van der Waals surface area contributed by atoms with Crippen LogP contribution in [0.25, 0.3) is 10.9 Å². The lowest BCUT2D eigenvalue weighted by Gasteiger charge is -2.34. The minimum absolute atomic E-state index is 0.116. The first-order valence-corrected chi connectivity index (χ1v) is 11.0. The Morgan fingerprint density at radius 3 is 2.45 bits per heavy atom. The summed E-state index contributed by atoms with van der Waals surface area (Å²) in [6.45, 7) is 2.15. The van der Waals surface area contributed by atoms with Gasteiger partial charge >= 0.3 is 6.18 Å². The first-order valence-electron chi connectivity index (χ1n) is 10.2. The Labute approximate surface area is 197 Å². The fourth-order valence-electron chi connectivity index (χ4n) is 3.93. The fourth-order valence-corrected chi connectivity index (χ4v) is 4.36. The number of ether oxygens (including phenoxy) is 1. The van der Waals surface area contributed by atoms with Gasteiger partial charge in [0.25, 0.3) is 0 Å². The molecule has 0 amide bonds. The molecule has 0 bridgehead atoms. The number of nitrogens with zero attached hydrogens (tertiary/aromatic N) is 4. The van der Waals surface area contributed by atoms with Gasteiger partial charge in [0.05, 0.1) is 23.8 Å². The SMILES string of the molecule is O=C(CCC(c1cnc(C(F)(F)F)nc1)N1CCOCC1)c1c(Cl)ccc2nc(Cl)ccc12. The maximum absolute atomic E-state index is 13.2. The van der Waals surface area contributed by atoms with Gasteiger partial charge in [-0.1, -0.05) is 23.2 Å². The zero-order chi connectivity index (χ0) is 23.6. The fraction of sp³-hybridized carbons (Fsp3) is 0.364. The predicted molar refractivity (Wildman–Crippen MR) is 117 cm³/mol. The zero-order valence-corrected chi connectivity index (χ0v) is 18.8. The highest BCUT2D eigenvalue weighted by Crippen LogP contribution is 2.32. The molecule has 0 saturated carbocycles. The number of hydrogen-bond donors (Lipinski definition) is 0. The number of halogens is 5. The standard InChI is InChI=1S/C22H19Cl2F3N4O2/c23-15-2-3-16-14(1-6-19(24)30-16)20(15)18(32)5-4-17(31-7-9-33-10-8-31)13-11-28-21(29-12-13)22(25,26)27/h1-3,6,11-12,17H,4-5,7-10H2. The number of rotatable bonds is 6. The summed E-state index contributed by atoms with van der Waals surface area (Å²) in [5, 5.41) is 1.20. The van der Waals surface area contributed by atoms with Crippen LogP contribution in [0, 0.1) is 0 Å². The molecule has 1 atom stereocenters. The van der Waals surface area contributed by atoms with Crippen LogP contribution in [0.3, 0.4) is 0 Å². The second-order valence-electron chi connectivity index (χ2n) is 7.59. The van der Waals surface area contributed by atoms with E-state index in [0.717, 1.165) is 0 Å². The second-order valence-corrected chi connectivity index (χ2v) is 8.38. The van der Waals surface area contributed by atoms with Gasteiger partial charge in [-0.2, -0.15) is 13.2 Å². The maximum Gasteiger partial charge on any atom is 0.451 e. The van der Waals surface area contributed by atoms with Gasteiger partial charge in [0.1, 0.15) is 5.15 Å². The third-order valence-electron chi connectivity index (χ3n) is 5.51. The van der Waals surface area contributed by atoms with Crippen molar-refractivity contribution in [2.24, 2.45) is 0 Å². The third kappa shape index (κ3) is 5.43. The molecule has 6 nitrogen and oxygen atoms in total. The van der Waals surface area contributed by atoms with Gasteiger partial charge in [-0.05, 0) is 30.7 Å².